The highest BCUT2D eigenvalue weighted by Crippen LogP contribution is 2.20. The van der Waals surface area contributed by atoms with Gasteiger partial charge in [-0.2, -0.15) is 4.31 Å². The number of aryl methyl sites for hydroxylation is 1. The average molecular weight is 382 g/mol. The molecule has 2 N–H and O–H groups in total. The van der Waals surface area contributed by atoms with Crippen molar-refractivity contribution in [1.82, 2.24) is 5.32 Å². The van der Waals surface area contributed by atoms with Crippen LogP contribution in [-0.4, -0.2) is 26.7 Å². The van der Waals surface area contributed by atoms with Crippen molar-refractivity contribution < 1.29 is 18.0 Å². The van der Waals surface area contributed by atoms with Crippen LogP contribution >= 0.6 is 11.6 Å². The van der Waals surface area contributed by atoms with Crippen LogP contribution in [0.15, 0.2) is 48.5 Å². The zero-order chi connectivity index (χ0) is 18.6. The van der Waals surface area contributed by atoms with Gasteiger partial charge in [0, 0.05) is 10.7 Å². The lowest BCUT2D eigenvalue weighted by atomic mass is 10.2. The second-order valence-electron chi connectivity index (χ2n) is 5.20. The summed E-state index contributed by atoms with van der Waals surface area (Å²) in [6, 6.07) is 10.6. The number of benzene rings is 2. The molecule has 0 unspecified atom stereocenters. The van der Waals surface area contributed by atoms with Crippen molar-refractivity contribution in [1.29, 1.82) is 0 Å². The summed E-state index contributed by atoms with van der Waals surface area (Å²) in [5.74, 6) is 0. The molecule has 0 saturated heterocycles. The number of hydrogen-bond acceptors (Lipinski definition) is 4. The van der Waals surface area contributed by atoms with Gasteiger partial charge in [0.1, 0.15) is 0 Å². The number of para-hydroxylation sites is 1. The summed E-state index contributed by atoms with van der Waals surface area (Å²) < 4.78 is 24.4. The molecule has 0 heterocycles. The van der Waals surface area contributed by atoms with Crippen LogP contribution in [0.4, 0.5) is 21.0 Å². The second-order valence-corrected chi connectivity index (χ2v) is 7.47. The predicted octanol–water partition coefficient (Wildman–Crippen LogP) is 3.36. The number of nitrogens with zero attached hydrogens (tertiary/aromatic N) is 1. The highest BCUT2D eigenvalue weighted by molar-refractivity contribution is 7.92. The molecule has 0 saturated carbocycles. The monoisotopic (exact) mass is 381 g/mol. The van der Waals surface area contributed by atoms with E-state index >= 15 is 0 Å². The fourth-order valence-corrected chi connectivity index (χ4v) is 3.03. The number of anilines is 2. The molecule has 0 aliphatic carbocycles. The van der Waals surface area contributed by atoms with Gasteiger partial charge in [0.05, 0.1) is 11.9 Å². The van der Waals surface area contributed by atoms with E-state index in [1.807, 2.05) is 5.32 Å². The molecule has 9 heteroatoms. The van der Waals surface area contributed by atoms with Crippen molar-refractivity contribution in [3.05, 3.63) is 59.1 Å². The molecule has 7 nitrogen and oxygen atoms in total. The number of rotatable bonds is 3. The number of amides is 4. The lowest BCUT2D eigenvalue weighted by molar-refractivity contribution is 0.238. The largest absolute Gasteiger partial charge is 0.343 e. The Labute approximate surface area is 150 Å². The first-order chi connectivity index (χ1) is 11.7. The van der Waals surface area contributed by atoms with Crippen molar-refractivity contribution in [2.24, 2.45) is 0 Å². The molecule has 0 aliphatic heterocycles. The molecule has 0 aromatic heterocycles. The van der Waals surface area contributed by atoms with E-state index in [4.69, 9.17) is 11.6 Å². The second kappa shape index (κ2) is 7.54. The van der Waals surface area contributed by atoms with Crippen LogP contribution in [0.3, 0.4) is 0 Å². The van der Waals surface area contributed by atoms with Gasteiger partial charge in [-0.05, 0) is 42.8 Å². The summed E-state index contributed by atoms with van der Waals surface area (Å²) in [4.78, 5) is 24.3. The highest BCUT2D eigenvalue weighted by atomic mass is 35.5. The minimum Gasteiger partial charge on any atom is -0.307 e. The number of nitrogens with one attached hydrogen (secondary N) is 2. The number of carbonyl (C=O) groups excluding carboxylic acids is 2. The van der Waals surface area contributed by atoms with Gasteiger partial charge in [0.15, 0.2) is 0 Å². The molecule has 0 atom stereocenters. The van der Waals surface area contributed by atoms with Crippen LogP contribution in [0, 0.1) is 6.92 Å². The maximum atomic E-state index is 12.3. The number of urea groups is 2. The first-order valence-electron chi connectivity index (χ1n) is 7.12. The molecule has 0 fully saturated rings. The van der Waals surface area contributed by atoms with Crippen LogP contribution in [0.5, 0.6) is 0 Å². The smallest absolute Gasteiger partial charge is 0.307 e. The minimum absolute atomic E-state index is 0.0630. The first-order valence-corrected chi connectivity index (χ1v) is 9.34. The molecule has 0 radical (unpaired) electrons. The van der Waals surface area contributed by atoms with Gasteiger partial charge in [0.25, 0.3) is 0 Å². The third-order valence-electron chi connectivity index (χ3n) is 3.19. The van der Waals surface area contributed by atoms with Crippen LogP contribution in [0.25, 0.3) is 0 Å². The Kier molecular flexibility index (Phi) is 5.66. The molecule has 132 valence electrons. The van der Waals surface area contributed by atoms with Gasteiger partial charge in [-0.15, -0.1) is 0 Å². The fourth-order valence-electron chi connectivity index (χ4n) is 2.05. The van der Waals surface area contributed by atoms with Crippen molar-refractivity contribution >= 4 is 45.1 Å². The Morgan fingerprint density at radius 1 is 1.04 bits per heavy atom. The fraction of sp³-hybridized carbons (Fsp3) is 0.125. The molecule has 25 heavy (non-hydrogen) atoms. The Hall–Kier alpha value is -2.58. The van der Waals surface area contributed by atoms with E-state index in [1.165, 1.54) is 24.3 Å². The Bertz CT molecular complexity index is 898. The van der Waals surface area contributed by atoms with Crippen molar-refractivity contribution in [2.45, 2.75) is 6.92 Å². The van der Waals surface area contributed by atoms with E-state index in [0.717, 1.165) is 11.8 Å². The summed E-state index contributed by atoms with van der Waals surface area (Å²) in [7, 11) is -3.96. The Morgan fingerprint density at radius 2 is 1.64 bits per heavy atom. The standard InChI is InChI=1S/C16H16ClN3O4S/c1-11-5-3-4-6-14(11)18-15(21)19-16(22)20(25(2,23)24)13-9-7-12(17)8-10-13/h3-10H,1-2H3,(H2,18,19,21,22). The van der Waals surface area contributed by atoms with Crippen molar-refractivity contribution in [2.75, 3.05) is 15.9 Å². The zero-order valence-corrected chi connectivity index (χ0v) is 15.1. The van der Waals surface area contributed by atoms with Gasteiger partial charge in [-0.3, -0.25) is 5.32 Å². The predicted molar refractivity (Wildman–Crippen MR) is 97.5 cm³/mol. The van der Waals surface area contributed by atoms with Crippen LogP contribution in [0.2, 0.25) is 5.02 Å². The van der Waals surface area contributed by atoms with Crippen molar-refractivity contribution in [3.63, 3.8) is 0 Å². The van der Waals surface area contributed by atoms with E-state index < -0.39 is 22.1 Å². The quantitative estimate of drug-likeness (QED) is 0.852. The minimum atomic E-state index is -3.96. The first kappa shape index (κ1) is 18.8. The number of sulfonamides is 1. The third kappa shape index (κ3) is 4.94. The molecular formula is C16H16ClN3O4S. The highest BCUT2D eigenvalue weighted by Gasteiger charge is 2.27. The van der Waals surface area contributed by atoms with Crippen LogP contribution in [0.1, 0.15) is 5.56 Å². The molecular weight excluding hydrogens is 366 g/mol. The topological polar surface area (TPSA) is 95.6 Å². The maximum Gasteiger partial charge on any atom is 0.343 e. The maximum absolute atomic E-state index is 12.3. The third-order valence-corrected chi connectivity index (χ3v) is 4.48. The lowest BCUT2D eigenvalue weighted by Crippen LogP contribution is -2.47. The number of halogens is 1. The van der Waals surface area contributed by atoms with Crippen LogP contribution < -0.4 is 14.9 Å². The van der Waals surface area contributed by atoms with Gasteiger partial charge >= 0.3 is 12.1 Å². The van der Waals surface area contributed by atoms with Crippen LogP contribution in [-0.2, 0) is 10.0 Å². The molecule has 0 bridgehead atoms. The number of hydrogen-bond donors (Lipinski definition) is 2. The van der Waals surface area contributed by atoms with E-state index in [-0.39, 0.29) is 5.69 Å². The van der Waals surface area contributed by atoms with E-state index in [0.29, 0.717) is 15.0 Å². The normalized spacial score (nSPS) is 10.8. The lowest BCUT2D eigenvalue weighted by Gasteiger charge is -2.20. The van der Waals surface area contributed by atoms with E-state index in [2.05, 4.69) is 5.32 Å². The molecule has 0 aliphatic rings. The summed E-state index contributed by atoms with van der Waals surface area (Å²) >= 11 is 5.77. The number of carbonyl (C=O) groups is 2. The van der Waals surface area contributed by atoms with Crippen molar-refractivity contribution in [3.8, 4) is 0 Å². The van der Waals surface area contributed by atoms with Gasteiger partial charge in [0.2, 0.25) is 10.0 Å². The number of imide groups is 1. The average Bonchev–Trinajstić information content (AvgIpc) is 2.50. The van der Waals surface area contributed by atoms with Gasteiger partial charge < -0.3 is 5.32 Å². The summed E-state index contributed by atoms with van der Waals surface area (Å²) in [5, 5.41) is 4.88. The molecule has 0 spiro atoms. The molecule has 2 rings (SSSR count). The summed E-state index contributed by atoms with van der Waals surface area (Å²) in [5.41, 5.74) is 1.36. The van der Waals surface area contributed by atoms with E-state index in [1.54, 1.807) is 31.2 Å². The van der Waals surface area contributed by atoms with E-state index in [9.17, 15) is 18.0 Å². The molecule has 2 aromatic carbocycles. The zero-order valence-electron chi connectivity index (χ0n) is 13.5. The molecule has 2 aromatic rings. The summed E-state index contributed by atoms with van der Waals surface area (Å²) in [6.45, 7) is 1.79. The summed E-state index contributed by atoms with van der Waals surface area (Å²) in [6.07, 6.45) is 0.862. The SMILES string of the molecule is Cc1ccccc1NC(=O)NC(=O)N(c1ccc(Cl)cc1)S(C)(=O)=O. The van der Waals surface area contributed by atoms with Gasteiger partial charge in [-0.1, -0.05) is 29.8 Å². The Balaban J connectivity index is 2.19. The Morgan fingerprint density at radius 3 is 2.20 bits per heavy atom. The molecule has 4 amide bonds. The van der Waals surface area contributed by atoms with Gasteiger partial charge in [-0.25, -0.2) is 18.0 Å².